The van der Waals surface area contributed by atoms with E-state index in [9.17, 15) is 9.59 Å². The molecule has 2 N–H and O–H groups in total. The Labute approximate surface area is 179 Å². The van der Waals surface area contributed by atoms with Gasteiger partial charge < -0.3 is 19.3 Å². The van der Waals surface area contributed by atoms with Crippen molar-refractivity contribution in [1.29, 1.82) is 0 Å². The Morgan fingerprint density at radius 1 is 0.967 bits per heavy atom. The molecule has 0 saturated carbocycles. The molecule has 4 rings (SSSR count). The van der Waals surface area contributed by atoms with Gasteiger partial charge >= 0.3 is 5.97 Å². The number of unbranched alkanes of at least 4 members (excludes halogenated alkanes) is 1. The number of carbonyl (C=O) groups excluding carboxylic acids is 1. The van der Waals surface area contributed by atoms with Gasteiger partial charge in [-0.1, -0.05) is 20.8 Å². The van der Waals surface area contributed by atoms with Crippen LogP contribution in [0.15, 0.2) is 0 Å². The number of aliphatic carboxylic acids is 1. The van der Waals surface area contributed by atoms with E-state index in [0.717, 1.165) is 32.2 Å². The highest BCUT2D eigenvalue weighted by Gasteiger charge is 2.61. The number of carboxylic acid groups (broad SMARTS) is 1. The van der Waals surface area contributed by atoms with Crippen molar-refractivity contribution in [1.82, 2.24) is 5.32 Å². The summed E-state index contributed by atoms with van der Waals surface area (Å²) in [6.07, 6.45) is 5.26. The molecule has 30 heavy (non-hydrogen) atoms. The fraction of sp³-hybridized carbons (Fsp3) is 0.913. The fourth-order valence-electron chi connectivity index (χ4n) is 6.11. The topological polar surface area (TPSA) is 94.1 Å². The molecule has 8 atom stereocenters. The van der Waals surface area contributed by atoms with Gasteiger partial charge in [0.15, 0.2) is 5.79 Å². The van der Waals surface area contributed by atoms with E-state index >= 15 is 0 Å². The first-order valence-electron chi connectivity index (χ1n) is 11.7. The van der Waals surface area contributed by atoms with Gasteiger partial charge in [0, 0.05) is 32.2 Å². The maximum absolute atomic E-state index is 12.7. The molecule has 0 aromatic rings. The van der Waals surface area contributed by atoms with Crippen molar-refractivity contribution >= 4 is 11.8 Å². The zero-order valence-electron chi connectivity index (χ0n) is 18.5. The first-order valence-corrected chi connectivity index (χ1v) is 11.7. The average Bonchev–Trinajstić information content (AvgIpc) is 3.01. The number of hydrogen-bond donors (Lipinski definition) is 2. The van der Waals surface area contributed by atoms with Crippen LogP contribution in [0.5, 0.6) is 0 Å². The molecule has 2 bridgehead atoms. The van der Waals surface area contributed by atoms with Gasteiger partial charge in [-0.2, -0.15) is 0 Å². The second kappa shape index (κ2) is 8.49. The minimum absolute atomic E-state index is 0.0416. The van der Waals surface area contributed by atoms with Crippen LogP contribution in [0.3, 0.4) is 0 Å². The third kappa shape index (κ3) is 4.45. The minimum Gasteiger partial charge on any atom is -0.481 e. The third-order valence-electron chi connectivity index (χ3n) is 7.47. The predicted octanol–water partition coefficient (Wildman–Crippen LogP) is 3.25. The summed E-state index contributed by atoms with van der Waals surface area (Å²) < 4.78 is 19.6. The van der Waals surface area contributed by atoms with Gasteiger partial charge in [0.05, 0.1) is 18.6 Å². The van der Waals surface area contributed by atoms with Gasteiger partial charge in [-0.15, -0.1) is 0 Å². The molecule has 4 aliphatic rings. The largest absolute Gasteiger partial charge is 0.481 e. The van der Waals surface area contributed by atoms with Crippen molar-refractivity contribution in [3.05, 3.63) is 0 Å². The minimum atomic E-state index is -0.854. The lowest BCUT2D eigenvalue weighted by Gasteiger charge is -2.51. The van der Waals surface area contributed by atoms with E-state index in [4.69, 9.17) is 19.3 Å². The van der Waals surface area contributed by atoms with Crippen molar-refractivity contribution in [2.24, 2.45) is 17.8 Å². The summed E-state index contributed by atoms with van der Waals surface area (Å²) in [6, 6.07) is 0. The van der Waals surface area contributed by atoms with E-state index in [1.165, 1.54) is 0 Å². The summed E-state index contributed by atoms with van der Waals surface area (Å²) in [6.45, 7) is 7.67. The number of carbonyl (C=O) groups is 2. The van der Waals surface area contributed by atoms with Gasteiger partial charge in [-0.3, -0.25) is 14.9 Å². The molecule has 170 valence electrons. The number of piperidine rings is 1. The number of Topliss-reactive ketones (excluding diaryl/α,β-unsaturated/α-hetero) is 1. The number of carboxylic acids is 1. The maximum atomic E-state index is 12.7. The van der Waals surface area contributed by atoms with E-state index in [-0.39, 0.29) is 42.7 Å². The van der Waals surface area contributed by atoms with Gasteiger partial charge in [0.2, 0.25) is 0 Å². The van der Waals surface area contributed by atoms with Crippen LogP contribution in [0.1, 0.15) is 78.6 Å². The number of nitrogens with one attached hydrogen (secondary N) is 1. The van der Waals surface area contributed by atoms with Crippen LogP contribution in [-0.4, -0.2) is 53.2 Å². The molecular formula is C23H37NO6. The Balaban J connectivity index is 1.42. The zero-order chi connectivity index (χ0) is 21.5. The first kappa shape index (κ1) is 22.2. The van der Waals surface area contributed by atoms with Gasteiger partial charge in [0.25, 0.3) is 0 Å². The second-order valence-electron chi connectivity index (χ2n) is 10.4. The zero-order valence-corrected chi connectivity index (χ0v) is 18.5. The van der Waals surface area contributed by atoms with Crippen molar-refractivity contribution in [2.75, 3.05) is 6.54 Å². The normalized spacial score (nSPS) is 45.3. The molecule has 0 aromatic carbocycles. The van der Waals surface area contributed by atoms with Gasteiger partial charge in [-0.25, -0.2) is 0 Å². The van der Waals surface area contributed by atoms with Crippen LogP contribution < -0.4 is 5.32 Å². The average molecular weight is 424 g/mol. The summed E-state index contributed by atoms with van der Waals surface area (Å²) >= 11 is 0. The molecule has 4 fully saturated rings. The Morgan fingerprint density at radius 3 is 2.43 bits per heavy atom. The molecule has 0 radical (unpaired) electrons. The van der Waals surface area contributed by atoms with E-state index in [2.05, 4.69) is 26.1 Å². The molecular weight excluding hydrogens is 386 g/mol. The first-order chi connectivity index (χ1) is 14.2. The fourth-order valence-corrected chi connectivity index (χ4v) is 6.11. The number of rotatable bonds is 7. The van der Waals surface area contributed by atoms with Crippen molar-refractivity contribution in [3.63, 3.8) is 0 Å². The number of ether oxygens (including phenoxy) is 3. The van der Waals surface area contributed by atoms with E-state index < -0.39 is 11.8 Å². The maximum Gasteiger partial charge on any atom is 0.303 e. The summed E-state index contributed by atoms with van der Waals surface area (Å²) in [7, 11) is 0. The molecule has 7 heteroatoms. The summed E-state index contributed by atoms with van der Waals surface area (Å²) in [5.41, 5.74) is -0.353. The number of hydrogen-bond acceptors (Lipinski definition) is 6. The monoisotopic (exact) mass is 423 g/mol. The lowest BCUT2D eigenvalue weighted by molar-refractivity contribution is -0.363. The van der Waals surface area contributed by atoms with Crippen LogP contribution in [0.25, 0.3) is 0 Å². The van der Waals surface area contributed by atoms with Crippen LogP contribution in [-0.2, 0) is 23.8 Å². The number of fused-ring (bicyclic) bond motifs is 4. The molecule has 4 heterocycles. The highest BCUT2D eigenvalue weighted by molar-refractivity contribution is 5.79. The lowest BCUT2D eigenvalue weighted by atomic mass is 9.80. The molecule has 0 amide bonds. The number of ketones is 1. The molecule has 4 aliphatic heterocycles. The molecule has 0 aromatic heterocycles. The third-order valence-corrected chi connectivity index (χ3v) is 7.47. The van der Waals surface area contributed by atoms with Crippen LogP contribution in [0.2, 0.25) is 0 Å². The Kier molecular flexibility index (Phi) is 6.28. The Hall–Kier alpha value is -1.02. The second-order valence-corrected chi connectivity index (χ2v) is 10.4. The van der Waals surface area contributed by atoms with Crippen LogP contribution in [0, 0.1) is 17.8 Å². The van der Waals surface area contributed by atoms with E-state index in [0.29, 0.717) is 37.0 Å². The van der Waals surface area contributed by atoms with Crippen molar-refractivity contribution < 1.29 is 28.9 Å². The Morgan fingerprint density at radius 2 is 1.70 bits per heavy atom. The SMILES string of the molecule is C[C@H]1CN[C@]2(C[C@H]3O[C@@]4(CC(=O)CCCCC(=O)O)C[C@@H](C)C[C@@H](O4)[C@H]3O2)[C@@H](C)C1. The van der Waals surface area contributed by atoms with Gasteiger partial charge in [-0.05, 0) is 43.4 Å². The van der Waals surface area contributed by atoms with Crippen LogP contribution in [0.4, 0.5) is 0 Å². The standard InChI is InChI=1S/C23H37NO6/c1-14-9-18-21-19(12-23(30-21)16(3)8-15(2)13-24-23)29-22(10-14,28-18)11-17(25)6-4-5-7-20(26)27/h14-16,18-19,21,24H,4-13H2,1-3H3,(H,26,27)/t14-,15+,16-,18+,19+,21+,22+,23-/m0/s1. The molecule has 0 aliphatic carbocycles. The highest BCUT2D eigenvalue weighted by Crippen LogP contribution is 2.51. The summed E-state index contributed by atoms with van der Waals surface area (Å²) in [5.74, 6) is -0.129. The smallest absolute Gasteiger partial charge is 0.303 e. The van der Waals surface area contributed by atoms with E-state index in [1.54, 1.807) is 0 Å². The quantitative estimate of drug-likeness (QED) is 0.607. The molecule has 4 saturated heterocycles. The Bertz CT molecular complexity index is 670. The van der Waals surface area contributed by atoms with E-state index in [1.807, 2.05) is 0 Å². The summed E-state index contributed by atoms with van der Waals surface area (Å²) in [4.78, 5) is 23.4. The molecule has 7 nitrogen and oxygen atoms in total. The lowest BCUT2D eigenvalue weighted by Crippen LogP contribution is -2.60. The van der Waals surface area contributed by atoms with Crippen molar-refractivity contribution in [2.45, 2.75) is 108 Å². The molecule has 1 spiro atoms. The summed E-state index contributed by atoms with van der Waals surface area (Å²) in [5, 5.41) is 12.4. The molecule has 0 unspecified atom stereocenters. The predicted molar refractivity (Wildman–Crippen MR) is 110 cm³/mol. The van der Waals surface area contributed by atoms with Gasteiger partial charge in [0.1, 0.15) is 17.6 Å². The van der Waals surface area contributed by atoms with Crippen molar-refractivity contribution in [3.8, 4) is 0 Å². The van der Waals surface area contributed by atoms with Crippen LogP contribution >= 0.6 is 0 Å². The highest BCUT2D eigenvalue weighted by atomic mass is 16.7.